The average molecular weight is 208 g/mol. The van der Waals surface area contributed by atoms with Gasteiger partial charge in [0.15, 0.2) is 5.43 Å². The van der Waals surface area contributed by atoms with Crippen molar-refractivity contribution < 1.29 is 14.3 Å². The summed E-state index contributed by atoms with van der Waals surface area (Å²) in [6.07, 6.45) is 0. The molecule has 15 heavy (non-hydrogen) atoms. The summed E-state index contributed by atoms with van der Waals surface area (Å²) in [5.74, 6) is -0.152. The van der Waals surface area contributed by atoms with E-state index in [0.29, 0.717) is 16.9 Å². The number of esters is 1. The van der Waals surface area contributed by atoms with Gasteiger partial charge in [-0.3, -0.25) is 4.79 Å². The second-order valence-electron chi connectivity index (χ2n) is 3.03. The second kappa shape index (κ2) is 4.59. The van der Waals surface area contributed by atoms with E-state index in [4.69, 9.17) is 4.74 Å². The van der Waals surface area contributed by atoms with Crippen molar-refractivity contribution in [3.05, 3.63) is 39.5 Å². The van der Waals surface area contributed by atoms with Gasteiger partial charge in [0.25, 0.3) is 0 Å². The molecular formula is C11H12O4. The molecule has 0 spiro atoms. The predicted molar refractivity (Wildman–Crippen MR) is 55.3 cm³/mol. The fraction of sp³-hybridized carbons (Fsp3) is 0.273. The lowest BCUT2D eigenvalue weighted by Crippen LogP contribution is -2.01. The van der Waals surface area contributed by atoms with Crippen molar-refractivity contribution in [2.75, 3.05) is 14.2 Å². The van der Waals surface area contributed by atoms with Gasteiger partial charge in [-0.2, -0.15) is 0 Å². The van der Waals surface area contributed by atoms with Crippen molar-refractivity contribution >= 4 is 5.97 Å². The van der Waals surface area contributed by atoms with Crippen LogP contribution in [0.2, 0.25) is 0 Å². The molecule has 0 fully saturated rings. The number of carbonyl (C=O) groups excluding carboxylic acids is 1. The van der Waals surface area contributed by atoms with Gasteiger partial charge < -0.3 is 9.47 Å². The topological polar surface area (TPSA) is 52.6 Å². The molecule has 0 N–H and O–H groups in total. The molecule has 0 saturated heterocycles. The molecule has 0 heterocycles. The molecule has 0 saturated carbocycles. The van der Waals surface area contributed by atoms with E-state index in [0.717, 1.165) is 0 Å². The van der Waals surface area contributed by atoms with Crippen LogP contribution in [0.15, 0.2) is 23.0 Å². The van der Waals surface area contributed by atoms with Gasteiger partial charge in [0.1, 0.15) is 5.75 Å². The summed E-state index contributed by atoms with van der Waals surface area (Å²) >= 11 is 0. The van der Waals surface area contributed by atoms with Crippen molar-refractivity contribution in [3.63, 3.8) is 0 Å². The van der Waals surface area contributed by atoms with E-state index in [1.54, 1.807) is 6.92 Å². The first-order valence-electron chi connectivity index (χ1n) is 4.37. The van der Waals surface area contributed by atoms with Gasteiger partial charge in [0, 0.05) is 6.07 Å². The fourth-order valence-electron chi connectivity index (χ4n) is 1.14. The lowest BCUT2D eigenvalue weighted by Gasteiger charge is -1.97. The first-order chi connectivity index (χ1) is 7.08. The molecule has 0 radical (unpaired) electrons. The Morgan fingerprint density at radius 3 is 2.40 bits per heavy atom. The highest BCUT2D eigenvalue weighted by atomic mass is 16.5. The average Bonchev–Trinajstić information content (AvgIpc) is 2.38. The minimum Gasteiger partial charge on any atom is -0.497 e. The second-order valence-corrected chi connectivity index (χ2v) is 3.03. The monoisotopic (exact) mass is 208 g/mol. The maximum absolute atomic E-state index is 11.4. The van der Waals surface area contributed by atoms with Crippen LogP contribution in [0.5, 0.6) is 5.75 Å². The van der Waals surface area contributed by atoms with Crippen molar-refractivity contribution in [1.29, 1.82) is 0 Å². The number of rotatable bonds is 2. The van der Waals surface area contributed by atoms with Crippen molar-refractivity contribution in [2.24, 2.45) is 0 Å². The number of methoxy groups -OCH3 is 2. The van der Waals surface area contributed by atoms with Gasteiger partial charge >= 0.3 is 5.97 Å². The van der Waals surface area contributed by atoms with Crippen LogP contribution < -0.4 is 10.2 Å². The summed E-state index contributed by atoms with van der Waals surface area (Å²) in [4.78, 5) is 22.7. The highest BCUT2D eigenvalue weighted by Crippen LogP contribution is 2.11. The van der Waals surface area contributed by atoms with Crippen LogP contribution in [0.4, 0.5) is 0 Å². The highest BCUT2D eigenvalue weighted by Gasteiger charge is 2.07. The summed E-state index contributed by atoms with van der Waals surface area (Å²) in [6.45, 7) is 1.63. The maximum Gasteiger partial charge on any atom is 0.337 e. The summed E-state index contributed by atoms with van der Waals surface area (Å²) in [6, 6.07) is 4.29. The molecule has 1 rings (SSSR count). The standard InChI is InChI=1S/C11H12O4/c1-7-4-8(11(13)15-3)5-9(14-2)6-10(7)12/h4-6H,1-3H3. The Labute approximate surface area is 87.5 Å². The van der Waals surface area contributed by atoms with Gasteiger partial charge in [-0.25, -0.2) is 4.79 Å². The van der Waals surface area contributed by atoms with Gasteiger partial charge in [0.2, 0.25) is 0 Å². The van der Waals surface area contributed by atoms with Crippen LogP contribution in [0.25, 0.3) is 0 Å². The van der Waals surface area contributed by atoms with Crippen LogP contribution in [-0.4, -0.2) is 20.2 Å². The van der Waals surface area contributed by atoms with E-state index in [2.05, 4.69) is 4.74 Å². The van der Waals surface area contributed by atoms with Crippen molar-refractivity contribution in [2.45, 2.75) is 6.92 Å². The SMILES string of the molecule is COC(=O)c1cc(OC)cc(=O)c(C)c1. The van der Waals surface area contributed by atoms with Crippen LogP contribution in [0.1, 0.15) is 15.9 Å². The van der Waals surface area contributed by atoms with Gasteiger partial charge in [0.05, 0.1) is 19.8 Å². The summed E-state index contributed by atoms with van der Waals surface area (Å²) in [5.41, 5.74) is 0.592. The van der Waals surface area contributed by atoms with Gasteiger partial charge in [-0.1, -0.05) is 0 Å². The molecule has 0 unspecified atom stereocenters. The van der Waals surface area contributed by atoms with E-state index >= 15 is 0 Å². The minimum absolute atomic E-state index is 0.179. The molecule has 1 aromatic rings. The number of aryl methyl sites for hydroxylation is 1. The van der Waals surface area contributed by atoms with Crippen LogP contribution >= 0.6 is 0 Å². The Balaban J connectivity index is 3.43. The zero-order valence-corrected chi connectivity index (χ0v) is 8.87. The molecule has 0 aliphatic carbocycles. The zero-order chi connectivity index (χ0) is 11.4. The zero-order valence-electron chi connectivity index (χ0n) is 8.87. The molecule has 0 aromatic heterocycles. The number of hydrogen-bond donors (Lipinski definition) is 0. The smallest absolute Gasteiger partial charge is 0.337 e. The minimum atomic E-state index is -0.494. The van der Waals surface area contributed by atoms with Crippen LogP contribution in [0, 0.1) is 6.92 Å². The number of hydrogen-bond acceptors (Lipinski definition) is 4. The molecular weight excluding hydrogens is 196 g/mol. The van der Waals surface area contributed by atoms with Crippen molar-refractivity contribution in [3.8, 4) is 5.75 Å². The van der Waals surface area contributed by atoms with E-state index in [1.165, 1.54) is 32.4 Å². The Morgan fingerprint density at radius 2 is 1.87 bits per heavy atom. The van der Waals surface area contributed by atoms with E-state index in [-0.39, 0.29) is 5.43 Å². The van der Waals surface area contributed by atoms with E-state index < -0.39 is 5.97 Å². The fourth-order valence-corrected chi connectivity index (χ4v) is 1.14. The normalized spacial score (nSPS) is 9.53. The van der Waals surface area contributed by atoms with Crippen LogP contribution in [0.3, 0.4) is 0 Å². The Hall–Kier alpha value is -1.84. The molecule has 4 nitrogen and oxygen atoms in total. The molecule has 4 heteroatoms. The van der Waals surface area contributed by atoms with E-state index in [1.807, 2.05) is 0 Å². The third-order valence-electron chi connectivity index (χ3n) is 1.99. The summed E-state index contributed by atoms with van der Waals surface area (Å²) in [7, 11) is 2.72. The Bertz CT molecular complexity index is 437. The molecule has 0 bridgehead atoms. The number of carbonyl (C=O) groups is 1. The van der Waals surface area contributed by atoms with Crippen LogP contribution in [-0.2, 0) is 4.74 Å². The predicted octanol–water partition coefficient (Wildman–Crippen LogP) is 1.15. The van der Waals surface area contributed by atoms with E-state index in [9.17, 15) is 9.59 Å². The highest BCUT2D eigenvalue weighted by molar-refractivity contribution is 5.89. The Kier molecular flexibility index (Phi) is 3.44. The molecule has 0 aliphatic rings. The van der Waals surface area contributed by atoms with Gasteiger partial charge in [-0.05, 0) is 24.6 Å². The first kappa shape index (κ1) is 11.2. The molecule has 80 valence electrons. The summed E-state index contributed by atoms with van der Waals surface area (Å²) < 4.78 is 9.51. The Morgan fingerprint density at radius 1 is 1.20 bits per heavy atom. The van der Waals surface area contributed by atoms with Gasteiger partial charge in [-0.15, -0.1) is 0 Å². The molecule has 1 aromatic carbocycles. The largest absolute Gasteiger partial charge is 0.497 e. The molecule has 0 aliphatic heterocycles. The number of ether oxygens (including phenoxy) is 2. The third-order valence-corrected chi connectivity index (χ3v) is 1.99. The molecule has 0 atom stereocenters. The summed E-state index contributed by atoms with van der Waals surface area (Å²) in [5, 5.41) is 0. The van der Waals surface area contributed by atoms with Crippen molar-refractivity contribution in [1.82, 2.24) is 0 Å². The third kappa shape index (κ3) is 2.56. The molecule has 0 amide bonds. The first-order valence-corrected chi connectivity index (χ1v) is 4.37. The maximum atomic E-state index is 11.4. The quantitative estimate of drug-likeness (QED) is 0.684. The lowest BCUT2D eigenvalue weighted by molar-refractivity contribution is 0.0600. The lowest BCUT2D eigenvalue weighted by atomic mass is 10.2.